The SMILES string of the molecule is O=C(c1ccc(N2CCc3ccc(F)cc3C2)cc1)N1CCN(C(=O)C2(O)CC2)CC1. The van der Waals surface area contributed by atoms with E-state index in [0.717, 1.165) is 24.2 Å². The molecular weight excluding hydrogens is 397 g/mol. The number of hydrogen-bond donors (Lipinski definition) is 1. The van der Waals surface area contributed by atoms with Crippen LogP contribution in [0.15, 0.2) is 42.5 Å². The highest BCUT2D eigenvalue weighted by molar-refractivity contribution is 5.95. The molecule has 1 saturated heterocycles. The number of halogens is 1. The predicted octanol–water partition coefficient (Wildman–Crippen LogP) is 2.20. The second-order valence-electron chi connectivity index (χ2n) is 8.75. The summed E-state index contributed by atoms with van der Waals surface area (Å²) in [4.78, 5) is 30.8. The molecule has 5 rings (SSSR count). The van der Waals surface area contributed by atoms with Crippen LogP contribution in [0.4, 0.5) is 10.1 Å². The van der Waals surface area contributed by atoms with Crippen LogP contribution in [0.1, 0.15) is 34.3 Å². The summed E-state index contributed by atoms with van der Waals surface area (Å²) < 4.78 is 13.6. The number of carbonyl (C=O) groups is 2. The van der Waals surface area contributed by atoms with Crippen molar-refractivity contribution in [2.24, 2.45) is 0 Å². The molecule has 162 valence electrons. The first-order valence-corrected chi connectivity index (χ1v) is 10.9. The standard InChI is InChI=1S/C24H26FN3O3/c25-20-4-1-17-7-10-28(16-19(17)15-20)21-5-2-18(3-6-21)22(29)26-11-13-27(14-12-26)23(30)24(31)8-9-24/h1-6,15,31H,7-14,16H2. The molecule has 2 amide bonds. The molecule has 2 aromatic carbocycles. The molecule has 2 aliphatic heterocycles. The quantitative estimate of drug-likeness (QED) is 0.822. The van der Waals surface area contributed by atoms with E-state index >= 15 is 0 Å². The number of carbonyl (C=O) groups excluding carboxylic acids is 2. The van der Waals surface area contributed by atoms with E-state index < -0.39 is 5.60 Å². The first-order valence-electron chi connectivity index (χ1n) is 10.9. The lowest BCUT2D eigenvalue weighted by Gasteiger charge is -2.36. The zero-order valence-corrected chi connectivity index (χ0v) is 17.4. The predicted molar refractivity (Wildman–Crippen MR) is 114 cm³/mol. The fourth-order valence-corrected chi connectivity index (χ4v) is 4.48. The number of benzene rings is 2. The van der Waals surface area contributed by atoms with Crippen molar-refractivity contribution in [2.45, 2.75) is 31.4 Å². The Morgan fingerprint density at radius 1 is 0.871 bits per heavy atom. The van der Waals surface area contributed by atoms with E-state index in [1.807, 2.05) is 30.3 Å². The monoisotopic (exact) mass is 423 g/mol. The molecular formula is C24H26FN3O3. The maximum Gasteiger partial charge on any atom is 0.254 e. The van der Waals surface area contributed by atoms with Gasteiger partial charge < -0.3 is 19.8 Å². The molecule has 0 unspecified atom stereocenters. The lowest BCUT2D eigenvalue weighted by Crippen LogP contribution is -2.53. The molecule has 3 aliphatic rings. The number of piperazine rings is 1. The number of aliphatic hydroxyl groups is 1. The Kier molecular flexibility index (Phi) is 4.93. The highest BCUT2D eigenvalue weighted by Crippen LogP contribution is 2.37. The molecule has 0 aromatic heterocycles. The minimum Gasteiger partial charge on any atom is -0.380 e. The molecule has 6 nitrogen and oxygen atoms in total. The molecule has 1 N–H and O–H groups in total. The second-order valence-corrected chi connectivity index (χ2v) is 8.75. The van der Waals surface area contributed by atoms with Crippen LogP contribution in [0, 0.1) is 5.82 Å². The number of rotatable bonds is 3. The van der Waals surface area contributed by atoms with Crippen molar-refractivity contribution < 1.29 is 19.1 Å². The minimum absolute atomic E-state index is 0.0464. The molecule has 2 fully saturated rings. The van der Waals surface area contributed by atoms with Crippen LogP contribution in [0.5, 0.6) is 0 Å². The Bertz CT molecular complexity index is 1010. The van der Waals surface area contributed by atoms with E-state index in [9.17, 15) is 19.1 Å². The average molecular weight is 423 g/mol. The van der Waals surface area contributed by atoms with Crippen LogP contribution >= 0.6 is 0 Å². The summed E-state index contributed by atoms with van der Waals surface area (Å²) in [6, 6.07) is 12.5. The van der Waals surface area contributed by atoms with Crippen LogP contribution in [-0.4, -0.2) is 65.0 Å². The molecule has 0 radical (unpaired) electrons. The van der Waals surface area contributed by atoms with Crippen LogP contribution in [-0.2, 0) is 17.8 Å². The van der Waals surface area contributed by atoms with Gasteiger partial charge in [0.2, 0.25) is 0 Å². The summed E-state index contributed by atoms with van der Waals surface area (Å²) in [5, 5.41) is 10.0. The molecule has 7 heteroatoms. The third kappa shape index (κ3) is 3.90. The van der Waals surface area contributed by atoms with E-state index in [2.05, 4.69) is 4.90 Å². The Morgan fingerprint density at radius 3 is 2.23 bits per heavy atom. The maximum absolute atomic E-state index is 13.6. The summed E-state index contributed by atoms with van der Waals surface area (Å²) in [6.45, 7) is 3.36. The molecule has 0 atom stereocenters. The highest BCUT2D eigenvalue weighted by atomic mass is 19.1. The normalized spacial score (nSPS) is 19.7. The number of nitrogens with zero attached hydrogens (tertiary/aromatic N) is 3. The van der Waals surface area contributed by atoms with Gasteiger partial charge >= 0.3 is 0 Å². The van der Waals surface area contributed by atoms with E-state index in [1.165, 1.54) is 11.6 Å². The maximum atomic E-state index is 13.6. The van der Waals surface area contributed by atoms with Gasteiger partial charge in [0.25, 0.3) is 11.8 Å². The third-order valence-corrected chi connectivity index (χ3v) is 6.64. The summed E-state index contributed by atoms with van der Waals surface area (Å²) in [6.07, 6.45) is 1.94. The molecule has 1 saturated carbocycles. The Morgan fingerprint density at radius 2 is 1.55 bits per heavy atom. The summed E-state index contributed by atoms with van der Waals surface area (Å²) in [5.41, 5.74) is 2.68. The number of hydrogen-bond acceptors (Lipinski definition) is 4. The van der Waals surface area contributed by atoms with Crippen LogP contribution in [0.25, 0.3) is 0 Å². The van der Waals surface area contributed by atoms with Crippen molar-refractivity contribution in [1.29, 1.82) is 0 Å². The Balaban J connectivity index is 1.20. The number of fused-ring (bicyclic) bond motifs is 1. The van der Waals surface area contributed by atoms with Crippen LogP contribution in [0.2, 0.25) is 0 Å². The zero-order valence-electron chi connectivity index (χ0n) is 17.4. The molecule has 0 spiro atoms. The topological polar surface area (TPSA) is 64.1 Å². The highest BCUT2D eigenvalue weighted by Gasteiger charge is 2.50. The van der Waals surface area contributed by atoms with Gasteiger partial charge in [-0.2, -0.15) is 0 Å². The van der Waals surface area contributed by atoms with Crippen LogP contribution in [0.3, 0.4) is 0 Å². The van der Waals surface area contributed by atoms with Gasteiger partial charge in [-0.3, -0.25) is 9.59 Å². The van der Waals surface area contributed by atoms with Gasteiger partial charge in [-0.1, -0.05) is 6.07 Å². The van der Waals surface area contributed by atoms with E-state index in [4.69, 9.17) is 0 Å². The Labute approximate surface area is 180 Å². The van der Waals surface area contributed by atoms with Crippen LogP contribution < -0.4 is 4.90 Å². The molecule has 1 aliphatic carbocycles. The summed E-state index contributed by atoms with van der Waals surface area (Å²) in [5.74, 6) is -0.462. The molecule has 31 heavy (non-hydrogen) atoms. The van der Waals surface area contributed by atoms with Crippen molar-refractivity contribution in [1.82, 2.24) is 9.80 Å². The second kappa shape index (κ2) is 7.64. The van der Waals surface area contributed by atoms with E-state index in [0.29, 0.717) is 51.1 Å². The lowest BCUT2D eigenvalue weighted by molar-refractivity contribution is -0.143. The van der Waals surface area contributed by atoms with Crippen molar-refractivity contribution >= 4 is 17.5 Å². The number of anilines is 1. The van der Waals surface area contributed by atoms with Gasteiger partial charge in [0.1, 0.15) is 11.4 Å². The zero-order chi connectivity index (χ0) is 21.6. The third-order valence-electron chi connectivity index (χ3n) is 6.64. The van der Waals surface area contributed by atoms with Crippen molar-refractivity contribution in [3.63, 3.8) is 0 Å². The minimum atomic E-state index is -1.15. The largest absolute Gasteiger partial charge is 0.380 e. The van der Waals surface area contributed by atoms with E-state index in [1.54, 1.807) is 15.9 Å². The van der Waals surface area contributed by atoms with Gasteiger partial charge in [-0.25, -0.2) is 4.39 Å². The Hall–Kier alpha value is -2.93. The van der Waals surface area contributed by atoms with Gasteiger partial charge in [-0.15, -0.1) is 0 Å². The summed E-state index contributed by atoms with van der Waals surface area (Å²) >= 11 is 0. The molecule has 2 aromatic rings. The smallest absolute Gasteiger partial charge is 0.254 e. The van der Waals surface area contributed by atoms with Gasteiger partial charge in [0.15, 0.2) is 0 Å². The summed E-state index contributed by atoms with van der Waals surface area (Å²) in [7, 11) is 0. The van der Waals surface area contributed by atoms with Gasteiger partial charge in [0.05, 0.1) is 0 Å². The first kappa shape index (κ1) is 20.0. The van der Waals surface area contributed by atoms with Gasteiger partial charge in [0, 0.05) is 50.5 Å². The molecule has 0 bridgehead atoms. The molecule has 2 heterocycles. The van der Waals surface area contributed by atoms with E-state index in [-0.39, 0.29) is 17.6 Å². The lowest BCUT2D eigenvalue weighted by atomic mass is 9.99. The first-order chi connectivity index (χ1) is 14.9. The van der Waals surface area contributed by atoms with Crippen molar-refractivity contribution in [3.05, 3.63) is 65.0 Å². The van der Waals surface area contributed by atoms with Gasteiger partial charge in [-0.05, 0) is 66.8 Å². The van der Waals surface area contributed by atoms with Crippen molar-refractivity contribution in [3.8, 4) is 0 Å². The fraction of sp³-hybridized carbons (Fsp3) is 0.417. The average Bonchev–Trinajstić information content (AvgIpc) is 3.56. The fourth-order valence-electron chi connectivity index (χ4n) is 4.48. The van der Waals surface area contributed by atoms with Crippen molar-refractivity contribution in [2.75, 3.05) is 37.6 Å². The number of amides is 2.